The van der Waals surface area contributed by atoms with Crippen LogP contribution in [0.15, 0.2) is 42.5 Å². The van der Waals surface area contributed by atoms with Crippen molar-refractivity contribution in [3.63, 3.8) is 0 Å². The van der Waals surface area contributed by atoms with Gasteiger partial charge in [0.2, 0.25) is 0 Å². The van der Waals surface area contributed by atoms with Crippen molar-refractivity contribution in [1.82, 2.24) is 4.90 Å². The number of hydrogen-bond donors (Lipinski definition) is 1. The summed E-state index contributed by atoms with van der Waals surface area (Å²) in [5, 5.41) is 10.4. The van der Waals surface area contributed by atoms with Crippen LogP contribution in [0.5, 0.6) is 5.75 Å². The summed E-state index contributed by atoms with van der Waals surface area (Å²) >= 11 is 0. The fourth-order valence-electron chi connectivity index (χ4n) is 3.64. The highest BCUT2D eigenvalue weighted by Crippen LogP contribution is 2.24. The van der Waals surface area contributed by atoms with E-state index in [0.717, 1.165) is 25.3 Å². The molecule has 0 aliphatic carbocycles. The van der Waals surface area contributed by atoms with E-state index in [0.29, 0.717) is 19.1 Å². The summed E-state index contributed by atoms with van der Waals surface area (Å²) in [7, 11) is 0. The first-order chi connectivity index (χ1) is 12.0. The summed E-state index contributed by atoms with van der Waals surface area (Å²) < 4.78 is 5.82. The Hall–Kier alpha value is -1.55. The van der Waals surface area contributed by atoms with Crippen LogP contribution in [0.3, 0.4) is 0 Å². The van der Waals surface area contributed by atoms with Crippen LogP contribution in [-0.2, 0) is 13.0 Å². The largest absolute Gasteiger partial charge is 1.00 e. The van der Waals surface area contributed by atoms with Gasteiger partial charge in [-0.25, -0.2) is 0 Å². The predicted molar refractivity (Wildman–Crippen MR) is 102 cm³/mol. The standard InChI is InChI=1S/C22H29NO2.ClH/c1-16(2)22-9-8-21(12-17(22)3)25-15-20(24)14-23-11-10-18-6-4-5-7-19(18)13-23;/h4-9,12,16,20,24H,10-11,13-15H2,1-3H3;1H/p-1. The van der Waals surface area contributed by atoms with E-state index in [1.165, 1.54) is 22.3 Å². The highest BCUT2D eigenvalue weighted by Gasteiger charge is 2.18. The second kappa shape index (κ2) is 9.40. The average molecular weight is 375 g/mol. The van der Waals surface area contributed by atoms with Gasteiger partial charge in [0.15, 0.2) is 0 Å². The zero-order valence-electron chi connectivity index (χ0n) is 15.9. The van der Waals surface area contributed by atoms with Gasteiger partial charge in [0.05, 0.1) is 0 Å². The van der Waals surface area contributed by atoms with Crippen LogP contribution in [-0.4, -0.2) is 35.8 Å². The summed E-state index contributed by atoms with van der Waals surface area (Å²) in [5.41, 5.74) is 5.40. The Morgan fingerprint density at radius 1 is 1.12 bits per heavy atom. The van der Waals surface area contributed by atoms with Crippen LogP contribution in [0.1, 0.15) is 42.0 Å². The number of fused-ring (bicyclic) bond motifs is 1. The molecule has 0 aromatic heterocycles. The third kappa shape index (κ3) is 5.23. The minimum atomic E-state index is -0.477. The molecule has 0 radical (unpaired) electrons. The van der Waals surface area contributed by atoms with Gasteiger partial charge >= 0.3 is 0 Å². The first-order valence-electron chi connectivity index (χ1n) is 9.23. The van der Waals surface area contributed by atoms with E-state index in [1.807, 2.05) is 6.07 Å². The van der Waals surface area contributed by atoms with E-state index >= 15 is 0 Å². The van der Waals surface area contributed by atoms with Crippen molar-refractivity contribution in [2.24, 2.45) is 0 Å². The average Bonchev–Trinajstić information content (AvgIpc) is 2.59. The second-order valence-corrected chi connectivity index (χ2v) is 7.39. The molecule has 1 N–H and O–H groups in total. The molecule has 1 atom stereocenters. The van der Waals surface area contributed by atoms with Gasteiger partial charge in [-0.05, 0) is 53.6 Å². The number of ether oxygens (including phenoxy) is 1. The molecule has 1 aliphatic rings. The molecule has 4 heteroatoms. The fraction of sp³-hybridized carbons (Fsp3) is 0.455. The Kier molecular flexibility index (Phi) is 7.51. The Balaban J connectivity index is 0.00000243. The lowest BCUT2D eigenvalue weighted by Gasteiger charge is -2.30. The highest BCUT2D eigenvalue weighted by molar-refractivity contribution is 5.36. The van der Waals surface area contributed by atoms with Gasteiger partial charge in [-0.1, -0.05) is 44.2 Å². The van der Waals surface area contributed by atoms with Gasteiger partial charge in [0.25, 0.3) is 0 Å². The van der Waals surface area contributed by atoms with E-state index in [1.54, 1.807) is 0 Å². The van der Waals surface area contributed by atoms with Crippen LogP contribution in [0.25, 0.3) is 0 Å². The van der Waals surface area contributed by atoms with E-state index in [-0.39, 0.29) is 12.4 Å². The number of halogens is 1. The maximum atomic E-state index is 10.4. The molecular formula is C22H29ClNO2-. The van der Waals surface area contributed by atoms with Crippen LogP contribution < -0.4 is 17.1 Å². The Bertz CT molecular complexity index is 717. The summed E-state index contributed by atoms with van der Waals surface area (Å²) in [6, 6.07) is 14.8. The van der Waals surface area contributed by atoms with Crippen LogP contribution in [0, 0.1) is 6.92 Å². The SMILES string of the molecule is Cc1cc(OCC(O)CN2CCc3ccccc3C2)ccc1C(C)C.[Cl-]. The molecule has 3 nitrogen and oxygen atoms in total. The molecular weight excluding hydrogens is 346 g/mol. The number of nitrogens with zero attached hydrogens (tertiary/aromatic N) is 1. The van der Waals surface area contributed by atoms with Gasteiger partial charge in [-0.2, -0.15) is 0 Å². The maximum Gasteiger partial charge on any atom is 0.119 e. The summed E-state index contributed by atoms with van der Waals surface area (Å²) in [5.74, 6) is 1.35. The van der Waals surface area contributed by atoms with Gasteiger partial charge < -0.3 is 22.3 Å². The molecule has 1 heterocycles. The zero-order chi connectivity index (χ0) is 17.8. The molecule has 0 saturated carbocycles. The summed E-state index contributed by atoms with van der Waals surface area (Å²) in [6.07, 6.45) is 0.579. The predicted octanol–water partition coefficient (Wildman–Crippen LogP) is 0.920. The molecule has 0 bridgehead atoms. The van der Waals surface area contributed by atoms with Crippen LogP contribution >= 0.6 is 0 Å². The molecule has 0 saturated heterocycles. The third-order valence-corrected chi connectivity index (χ3v) is 4.98. The minimum Gasteiger partial charge on any atom is -1.00 e. The minimum absolute atomic E-state index is 0. The van der Waals surface area contributed by atoms with Crippen molar-refractivity contribution in [2.45, 2.75) is 45.8 Å². The lowest BCUT2D eigenvalue weighted by atomic mass is 9.98. The number of benzene rings is 2. The summed E-state index contributed by atoms with van der Waals surface area (Å²) in [6.45, 7) is 9.40. The lowest BCUT2D eigenvalue weighted by Crippen LogP contribution is -3.00. The number of rotatable bonds is 6. The van der Waals surface area contributed by atoms with Crippen LogP contribution in [0.4, 0.5) is 0 Å². The number of aliphatic hydroxyl groups is 1. The van der Waals surface area contributed by atoms with Gasteiger partial charge in [0, 0.05) is 19.6 Å². The normalized spacial score (nSPS) is 15.3. The molecule has 26 heavy (non-hydrogen) atoms. The van der Waals surface area contributed by atoms with Gasteiger partial charge in [-0.3, -0.25) is 4.90 Å². The van der Waals surface area contributed by atoms with E-state index in [4.69, 9.17) is 4.74 Å². The number of hydrogen-bond acceptors (Lipinski definition) is 3. The van der Waals surface area contributed by atoms with Crippen LogP contribution in [0.2, 0.25) is 0 Å². The molecule has 2 aromatic carbocycles. The van der Waals surface area contributed by atoms with Crippen molar-refractivity contribution < 1.29 is 22.3 Å². The van der Waals surface area contributed by atoms with E-state index in [9.17, 15) is 5.11 Å². The first kappa shape index (κ1) is 20.8. The molecule has 1 aliphatic heterocycles. The first-order valence-corrected chi connectivity index (χ1v) is 9.23. The number of β-amino-alcohol motifs (C(OH)–C–C–N with tert-alkyl or cyclic N) is 1. The Morgan fingerprint density at radius 3 is 2.54 bits per heavy atom. The molecule has 1 unspecified atom stereocenters. The number of aryl methyl sites for hydroxylation is 1. The van der Waals surface area contributed by atoms with Crippen molar-refractivity contribution in [1.29, 1.82) is 0 Å². The van der Waals surface area contributed by atoms with Crippen molar-refractivity contribution in [3.8, 4) is 5.75 Å². The maximum absolute atomic E-state index is 10.4. The number of aliphatic hydroxyl groups excluding tert-OH is 1. The Morgan fingerprint density at radius 2 is 1.85 bits per heavy atom. The second-order valence-electron chi connectivity index (χ2n) is 7.39. The van der Waals surface area contributed by atoms with Crippen molar-refractivity contribution >= 4 is 0 Å². The lowest BCUT2D eigenvalue weighted by molar-refractivity contribution is -0.00000778. The molecule has 2 aromatic rings. The third-order valence-electron chi connectivity index (χ3n) is 4.98. The highest BCUT2D eigenvalue weighted by atomic mass is 35.5. The van der Waals surface area contributed by atoms with Crippen molar-refractivity contribution in [3.05, 3.63) is 64.7 Å². The molecule has 0 fully saturated rings. The molecule has 0 amide bonds. The monoisotopic (exact) mass is 374 g/mol. The van der Waals surface area contributed by atoms with Gasteiger partial charge in [0.1, 0.15) is 18.5 Å². The zero-order valence-corrected chi connectivity index (χ0v) is 16.7. The van der Waals surface area contributed by atoms with E-state index in [2.05, 4.69) is 62.1 Å². The topological polar surface area (TPSA) is 32.7 Å². The molecule has 3 rings (SSSR count). The molecule has 0 spiro atoms. The smallest absolute Gasteiger partial charge is 0.119 e. The van der Waals surface area contributed by atoms with E-state index < -0.39 is 6.10 Å². The van der Waals surface area contributed by atoms with Crippen molar-refractivity contribution in [2.75, 3.05) is 19.7 Å². The summed E-state index contributed by atoms with van der Waals surface area (Å²) in [4.78, 5) is 2.31. The quantitative estimate of drug-likeness (QED) is 0.816. The molecule has 142 valence electrons. The fourth-order valence-corrected chi connectivity index (χ4v) is 3.64. The Labute approximate surface area is 163 Å². The van der Waals surface area contributed by atoms with Gasteiger partial charge in [-0.15, -0.1) is 0 Å².